The van der Waals surface area contributed by atoms with Crippen LogP contribution in [0.5, 0.6) is 0 Å². The van der Waals surface area contributed by atoms with Gasteiger partial charge in [0.1, 0.15) is 5.66 Å². The van der Waals surface area contributed by atoms with Crippen LogP contribution in [-0.4, -0.2) is 5.66 Å². The van der Waals surface area contributed by atoms with Crippen LogP contribution in [0.15, 0.2) is 18.2 Å². The molecule has 1 aliphatic rings. The van der Waals surface area contributed by atoms with Crippen LogP contribution in [0.25, 0.3) is 0 Å². The zero-order valence-corrected chi connectivity index (χ0v) is 7.31. The molecule has 0 saturated carbocycles. The van der Waals surface area contributed by atoms with Gasteiger partial charge < -0.3 is 16.4 Å². The maximum atomic E-state index is 5.65. The number of hydrogen-bond donors (Lipinski definition) is 3. The Hall–Kier alpha value is -1.38. The first-order chi connectivity index (χ1) is 5.57. The molecule has 0 atom stereocenters. The lowest BCUT2D eigenvalue weighted by Gasteiger charge is -2.19. The van der Waals surface area contributed by atoms with E-state index in [4.69, 9.17) is 5.73 Å². The molecular formula is C9H13N3. The number of hydrogen-bond acceptors (Lipinski definition) is 3. The topological polar surface area (TPSA) is 50.1 Å². The molecule has 4 N–H and O–H groups in total. The van der Waals surface area contributed by atoms with E-state index in [1.54, 1.807) is 0 Å². The van der Waals surface area contributed by atoms with Crippen LogP contribution in [0.3, 0.4) is 0 Å². The highest BCUT2D eigenvalue weighted by Gasteiger charge is 2.25. The largest absolute Gasteiger partial charge is 0.399 e. The Morgan fingerprint density at radius 1 is 1.17 bits per heavy atom. The van der Waals surface area contributed by atoms with E-state index < -0.39 is 0 Å². The summed E-state index contributed by atoms with van der Waals surface area (Å²) in [5.74, 6) is 0. The Labute approximate surface area is 72.0 Å². The van der Waals surface area contributed by atoms with E-state index in [-0.39, 0.29) is 5.66 Å². The molecule has 0 aliphatic carbocycles. The van der Waals surface area contributed by atoms with Crippen molar-refractivity contribution >= 4 is 17.1 Å². The first kappa shape index (κ1) is 7.28. The zero-order valence-electron chi connectivity index (χ0n) is 7.31. The molecule has 0 unspecified atom stereocenters. The van der Waals surface area contributed by atoms with Gasteiger partial charge in [-0.2, -0.15) is 0 Å². The summed E-state index contributed by atoms with van der Waals surface area (Å²) < 4.78 is 0. The Morgan fingerprint density at radius 3 is 2.58 bits per heavy atom. The number of anilines is 3. The van der Waals surface area contributed by atoms with E-state index in [0.29, 0.717) is 0 Å². The average molecular weight is 163 g/mol. The lowest BCUT2D eigenvalue weighted by Crippen LogP contribution is -2.33. The number of nitrogen functional groups attached to an aromatic ring is 1. The van der Waals surface area contributed by atoms with Crippen LogP contribution in [0.1, 0.15) is 13.8 Å². The van der Waals surface area contributed by atoms with Crippen LogP contribution in [0.4, 0.5) is 17.1 Å². The fourth-order valence-corrected chi connectivity index (χ4v) is 1.48. The van der Waals surface area contributed by atoms with Crippen LogP contribution < -0.4 is 16.4 Å². The second-order valence-electron chi connectivity index (χ2n) is 3.68. The third-order valence-electron chi connectivity index (χ3n) is 1.94. The van der Waals surface area contributed by atoms with Crippen LogP contribution >= 0.6 is 0 Å². The van der Waals surface area contributed by atoms with Crippen molar-refractivity contribution in [3.63, 3.8) is 0 Å². The van der Waals surface area contributed by atoms with E-state index in [1.807, 2.05) is 18.2 Å². The van der Waals surface area contributed by atoms with Crippen molar-refractivity contribution in [1.29, 1.82) is 0 Å². The molecule has 0 radical (unpaired) electrons. The summed E-state index contributed by atoms with van der Waals surface area (Å²) in [6.07, 6.45) is 0. The van der Waals surface area contributed by atoms with Gasteiger partial charge in [0.05, 0.1) is 11.4 Å². The number of fused-ring (bicyclic) bond motifs is 1. The number of nitrogens with one attached hydrogen (secondary N) is 2. The molecule has 1 heterocycles. The van der Waals surface area contributed by atoms with E-state index in [1.165, 1.54) is 0 Å². The number of benzene rings is 1. The molecule has 0 spiro atoms. The SMILES string of the molecule is CC1(C)Nc2ccc(N)cc2N1. The first-order valence-corrected chi connectivity index (χ1v) is 4.03. The molecule has 64 valence electrons. The lowest BCUT2D eigenvalue weighted by atomic mass is 10.2. The van der Waals surface area contributed by atoms with E-state index in [2.05, 4.69) is 24.5 Å². The summed E-state index contributed by atoms with van der Waals surface area (Å²) in [5, 5.41) is 6.66. The molecule has 0 fully saturated rings. The van der Waals surface area contributed by atoms with Crippen LogP contribution in [0, 0.1) is 0 Å². The molecule has 12 heavy (non-hydrogen) atoms. The predicted octanol–water partition coefficient (Wildman–Crippen LogP) is 1.84. The maximum Gasteiger partial charge on any atom is 0.102 e. The van der Waals surface area contributed by atoms with Crippen molar-refractivity contribution in [3.8, 4) is 0 Å². The first-order valence-electron chi connectivity index (χ1n) is 4.03. The Morgan fingerprint density at radius 2 is 1.83 bits per heavy atom. The molecule has 1 aliphatic heterocycles. The highest BCUT2D eigenvalue weighted by atomic mass is 15.2. The highest BCUT2D eigenvalue weighted by molar-refractivity contribution is 5.78. The predicted molar refractivity (Wildman–Crippen MR) is 52.2 cm³/mol. The lowest BCUT2D eigenvalue weighted by molar-refractivity contribution is 0.675. The molecule has 2 rings (SSSR count). The molecule has 1 aromatic rings. The molecule has 0 saturated heterocycles. The zero-order chi connectivity index (χ0) is 8.77. The summed E-state index contributed by atoms with van der Waals surface area (Å²) in [5.41, 5.74) is 8.59. The minimum absolute atomic E-state index is 0.0594. The molecule has 3 nitrogen and oxygen atoms in total. The van der Waals surface area contributed by atoms with Gasteiger partial charge in [0.2, 0.25) is 0 Å². The number of rotatable bonds is 0. The van der Waals surface area contributed by atoms with Crippen molar-refractivity contribution in [2.45, 2.75) is 19.5 Å². The second kappa shape index (κ2) is 2.06. The Balaban J connectivity index is 2.43. The summed E-state index contributed by atoms with van der Waals surface area (Å²) in [7, 11) is 0. The third kappa shape index (κ3) is 1.07. The quantitative estimate of drug-likeness (QED) is 0.511. The van der Waals surface area contributed by atoms with E-state index in [9.17, 15) is 0 Å². The van der Waals surface area contributed by atoms with Gasteiger partial charge in [-0.05, 0) is 32.0 Å². The normalized spacial score (nSPS) is 17.8. The standard InChI is InChI=1S/C9H13N3/c1-9(2)11-7-4-3-6(10)5-8(7)12-9/h3-5,11-12H,10H2,1-2H3. The Kier molecular flexibility index (Phi) is 1.25. The monoisotopic (exact) mass is 163 g/mol. The fraction of sp³-hybridized carbons (Fsp3) is 0.333. The maximum absolute atomic E-state index is 5.65. The van der Waals surface area contributed by atoms with E-state index in [0.717, 1.165) is 17.1 Å². The van der Waals surface area contributed by atoms with Gasteiger partial charge in [-0.15, -0.1) is 0 Å². The summed E-state index contributed by atoms with van der Waals surface area (Å²) in [6, 6.07) is 5.83. The van der Waals surface area contributed by atoms with Crippen LogP contribution in [0.2, 0.25) is 0 Å². The molecular weight excluding hydrogens is 150 g/mol. The second-order valence-corrected chi connectivity index (χ2v) is 3.68. The highest BCUT2D eigenvalue weighted by Crippen LogP contribution is 2.34. The van der Waals surface area contributed by atoms with Crippen molar-refractivity contribution in [2.75, 3.05) is 16.4 Å². The van der Waals surface area contributed by atoms with Gasteiger partial charge in [0, 0.05) is 5.69 Å². The third-order valence-corrected chi connectivity index (χ3v) is 1.94. The molecule has 0 amide bonds. The van der Waals surface area contributed by atoms with Gasteiger partial charge in [-0.1, -0.05) is 0 Å². The molecule has 0 aromatic heterocycles. The van der Waals surface area contributed by atoms with Crippen molar-refractivity contribution in [2.24, 2.45) is 0 Å². The van der Waals surface area contributed by atoms with Gasteiger partial charge in [0.15, 0.2) is 0 Å². The van der Waals surface area contributed by atoms with Gasteiger partial charge in [-0.3, -0.25) is 0 Å². The van der Waals surface area contributed by atoms with Crippen molar-refractivity contribution in [3.05, 3.63) is 18.2 Å². The summed E-state index contributed by atoms with van der Waals surface area (Å²) >= 11 is 0. The van der Waals surface area contributed by atoms with Gasteiger partial charge in [0.25, 0.3) is 0 Å². The minimum Gasteiger partial charge on any atom is -0.399 e. The number of nitrogens with two attached hydrogens (primary N) is 1. The molecule has 1 aromatic carbocycles. The van der Waals surface area contributed by atoms with Crippen LogP contribution in [-0.2, 0) is 0 Å². The molecule has 3 heteroatoms. The smallest absolute Gasteiger partial charge is 0.102 e. The minimum atomic E-state index is -0.0594. The van der Waals surface area contributed by atoms with Crippen molar-refractivity contribution in [1.82, 2.24) is 0 Å². The Bertz CT molecular complexity index is 318. The van der Waals surface area contributed by atoms with Gasteiger partial charge >= 0.3 is 0 Å². The average Bonchev–Trinajstić information content (AvgIpc) is 2.21. The fourth-order valence-electron chi connectivity index (χ4n) is 1.48. The summed E-state index contributed by atoms with van der Waals surface area (Å²) in [6.45, 7) is 4.17. The van der Waals surface area contributed by atoms with Crippen molar-refractivity contribution < 1.29 is 0 Å². The summed E-state index contributed by atoms with van der Waals surface area (Å²) in [4.78, 5) is 0. The van der Waals surface area contributed by atoms with E-state index >= 15 is 0 Å². The molecule has 0 bridgehead atoms. The van der Waals surface area contributed by atoms with Gasteiger partial charge in [-0.25, -0.2) is 0 Å².